The highest BCUT2D eigenvalue weighted by atomic mass is 32.1. The highest BCUT2D eigenvalue weighted by Crippen LogP contribution is 2.26. The molecule has 1 aromatic rings. The van der Waals surface area contributed by atoms with Gasteiger partial charge in [-0.1, -0.05) is 11.3 Å². The van der Waals surface area contributed by atoms with Crippen LogP contribution in [0.3, 0.4) is 0 Å². The number of guanidine groups is 1. The molecule has 0 saturated carbocycles. The summed E-state index contributed by atoms with van der Waals surface area (Å²) in [5.41, 5.74) is 5.85. The van der Waals surface area contributed by atoms with Crippen molar-refractivity contribution in [1.82, 2.24) is 9.88 Å². The maximum Gasteiger partial charge on any atom is 0.329 e. The quantitative estimate of drug-likeness (QED) is 0.431. The van der Waals surface area contributed by atoms with E-state index in [1.165, 1.54) is 0 Å². The number of ether oxygens (including phenoxy) is 1. The number of aromatic nitrogens is 1. The molecule has 1 saturated heterocycles. The number of hydrogen-bond donors (Lipinski definition) is 4. The van der Waals surface area contributed by atoms with Crippen LogP contribution in [0.15, 0.2) is 0 Å². The molecule has 5 N–H and O–H groups in total. The number of nitrogens with one attached hydrogen (secondary N) is 2. The van der Waals surface area contributed by atoms with Crippen molar-refractivity contribution < 1.29 is 19.4 Å². The summed E-state index contributed by atoms with van der Waals surface area (Å²) in [5, 5.41) is 18.7. The van der Waals surface area contributed by atoms with Gasteiger partial charge in [0.1, 0.15) is 11.5 Å². The zero-order valence-electron chi connectivity index (χ0n) is 12.7. The smallest absolute Gasteiger partial charge is 0.329 e. The van der Waals surface area contributed by atoms with Gasteiger partial charge in [-0.2, -0.15) is 0 Å². The Morgan fingerprint density at radius 2 is 2.35 bits per heavy atom. The van der Waals surface area contributed by atoms with Crippen molar-refractivity contribution in [2.75, 3.05) is 31.6 Å². The number of carboxylic acids is 1. The van der Waals surface area contributed by atoms with Crippen LogP contribution in [0, 0.1) is 18.3 Å². The van der Waals surface area contributed by atoms with Crippen molar-refractivity contribution in [2.45, 2.75) is 13.3 Å². The molecule has 126 valence electrons. The van der Waals surface area contributed by atoms with Gasteiger partial charge in [-0.15, -0.1) is 0 Å². The Morgan fingerprint density at radius 3 is 3.00 bits per heavy atom. The molecular formula is C13H19N5O4S. The van der Waals surface area contributed by atoms with Crippen LogP contribution in [0.1, 0.15) is 21.8 Å². The summed E-state index contributed by atoms with van der Waals surface area (Å²) in [5.74, 6) is -1.20. The Kier molecular flexibility index (Phi) is 5.50. The van der Waals surface area contributed by atoms with E-state index in [9.17, 15) is 9.59 Å². The first-order chi connectivity index (χ1) is 10.9. The maximum absolute atomic E-state index is 12.5. The van der Waals surface area contributed by atoms with Gasteiger partial charge < -0.3 is 25.8 Å². The molecule has 0 bridgehead atoms. The van der Waals surface area contributed by atoms with Gasteiger partial charge in [0.15, 0.2) is 11.1 Å². The fraction of sp³-hybridized carbons (Fsp3) is 0.538. The predicted octanol–water partition coefficient (Wildman–Crippen LogP) is 0.320. The molecular weight excluding hydrogens is 322 g/mol. The van der Waals surface area contributed by atoms with E-state index in [0.717, 1.165) is 17.8 Å². The molecule has 9 nitrogen and oxygen atoms in total. The fourth-order valence-electron chi connectivity index (χ4n) is 2.37. The Hall–Kier alpha value is -2.20. The second-order valence-electron chi connectivity index (χ2n) is 5.29. The minimum atomic E-state index is -0.998. The summed E-state index contributed by atoms with van der Waals surface area (Å²) in [4.78, 5) is 29.4. The molecule has 2 rings (SSSR count). The van der Waals surface area contributed by atoms with Crippen LogP contribution < -0.4 is 11.1 Å². The second-order valence-corrected chi connectivity index (χ2v) is 6.29. The lowest BCUT2D eigenvalue weighted by Crippen LogP contribution is -2.29. The van der Waals surface area contributed by atoms with Crippen LogP contribution in [0.4, 0.5) is 5.13 Å². The highest BCUT2D eigenvalue weighted by Gasteiger charge is 2.29. The molecule has 1 aromatic heterocycles. The number of carbonyl (C=O) groups is 2. The molecule has 0 radical (unpaired) electrons. The van der Waals surface area contributed by atoms with Gasteiger partial charge >= 0.3 is 5.97 Å². The third-order valence-corrected chi connectivity index (χ3v) is 4.45. The molecule has 10 heteroatoms. The van der Waals surface area contributed by atoms with Crippen LogP contribution >= 0.6 is 11.3 Å². The van der Waals surface area contributed by atoms with Crippen LogP contribution in [-0.4, -0.2) is 59.1 Å². The number of anilines is 1. The Bertz CT molecular complexity index is 618. The number of nitrogens with two attached hydrogens (primary N) is 1. The zero-order chi connectivity index (χ0) is 17.0. The van der Waals surface area contributed by atoms with E-state index in [2.05, 4.69) is 10.3 Å². The van der Waals surface area contributed by atoms with E-state index < -0.39 is 5.97 Å². The average molecular weight is 341 g/mol. The van der Waals surface area contributed by atoms with E-state index in [0.29, 0.717) is 35.4 Å². The lowest BCUT2D eigenvalue weighted by molar-refractivity contribution is -0.142. The van der Waals surface area contributed by atoms with Gasteiger partial charge in [0, 0.05) is 19.0 Å². The lowest BCUT2D eigenvalue weighted by atomic mass is 10.1. The number of hydrogen-bond acceptors (Lipinski definition) is 6. The number of thiazole rings is 1. The highest BCUT2D eigenvalue weighted by molar-refractivity contribution is 7.17. The first-order valence-corrected chi connectivity index (χ1v) is 7.85. The van der Waals surface area contributed by atoms with Crippen LogP contribution in [0.2, 0.25) is 0 Å². The Labute approximate surface area is 137 Å². The van der Waals surface area contributed by atoms with E-state index >= 15 is 0 Å². The second kappa shape index (κ2) is 7.38. The summed E-state index contributed by atoms with van der Waals surface area (Å²) in [6.07, 6.45) is 0.780. The molecule has 1 amide bonds. The van der Waals surface area contributed by atoms with Gasteiger partial charge in [-0.05, 0) is 13.3 Å². The molecule has 23 heavy (non-hydrogen) atoms. The Morgan fingerprint density at radius 1 is 1.61 bits per heavy atom. The molecule has 1 atom stereocenters. The number of carbonyl (C=O) groups excluding carboxylic acids is 1. The number of likely N-dealkylation sites (tertiary alicyclic amines) is 1. The molecule has 1 aliphatic rings. The van der Waals surface area contributed by atoms with E-state index in [4.69, 9.17) is 21.0 Å². The summed E-state index contributed by atoms with van der Waals surface area (Å²) < 4.78 is 5.09. The van der Waals surface area contributed by atoms with E-state index in [1.807, 2.05) is 0 Å². The number of aliphatic carboxylic acids is 1. The van der Waals surface area contributed by atoms with E-state index in [1.54, 1.807) is 11.8 Å². The molecule has 2 heterocycles. The topological polar surface area (TPSA) is 142 Å². The van der Waals surface area contributed by atoms with Gasteiger partial charge in [0.25, 0.3) is 5.91 Å². The minimum Gasteiger partial charge on any atom is -0.480 e. The monoisotopic (exact) mass is 341 g/mol. The van der Waals surface area contributed by atoms with Crippen LogP contribution in [0.5, 0.6) is 0 Å². The third-order valence-electron chi connectivity index (χ3n) is 3.38. The minimum absolute atomic E-state index is 0.114. The standard InChI is InChI=1S/C13H19N5O4S/c1-7-10(23-13(16-7)17-12(14)15)11(21)18-3-2-8(4-18)5-22-6-9(19)20/h8H,2-6H2,1H3,(H,19,20)(H4,14,15,16,17). The predicted molar refractivity (Wildman–Crippen MR) is 84.9 cm³/mol. The molecule has 1 aliphatic heterocycles. The Balaban J connectivity index is 1.92. The molecule has 0 aliphatic carbocycles. The summed E-state index contributed by atoms with van der Waals surface area (Å²) in [6.45, 7) is 2.88. The largest absolute Gasteiger partial charge is 0.480 e. The van der Waals surface area contributed by atoms with Crippen molar-refractivity contribution in [3.05, 3.63) is 10.6 Å². The van der Waals surface area contributed by atoms with Gasteiger partial charge in [-0.25, -0.2) is 9.78 Å². The van der Waals surface area contributed by atoms with E-state index in [-0.39, 0.29) is 24.4 Å². The molecule has 0 aromatic carbocycles. The van der Waals surface area contributed by atoms with Crippen molar-refractivity contribution >= 4 is 34.3 Å². The lowest BCUT2D eigenvalue weighted by Gasteiger charge is -2.15. The van der Waals surface area contributed by atoms with Gasteiger partial charge in [0.2, 0.25) is 0 Å². The number of carboxylic acid groups (broad SMARTS) is 1. The summed E-state index contributed by atoms with van der Waals surface area (Å²) >= 11 is 1.16. The summed E-state index contributed by atoms with van der Waals surface area (Å²) in [6, 6.07) is 0. The zero-order valence-corrected chi connectivity index (χ0v) is 13.5. The van der Waals surface area contributed by atoms with Crippen LogP contribution in [-0.2, 0) is 9.53 Å². The number of nitrogens with zero attached hydrogens (tertiary/aromatic N) is 2. The molecule has 0 spiro atoms. The maximum atomic E-state index is 12.5. The summed E-state index contributed by atoms with van der Waals surface area (Å²) in [7, 11) is 0. The van der Waals surface area contributed by atoms with Crippen molar-refractivity contribution in [2.24, 2.45) is 11.7 Å². The number of amides is 1. The normalized spacial score (nSPS) is 17.3. The SMILES string of the molecule is Cc1nc(NC(=N)N)sc1C(=O)N1CCC(COCC(=O)O)C1. The average Bonchev–Trinajstić information content (AvgIpc) is 3.04. The first-order valence-electron chi connectivity index (χ1n) is 7.04. The number of aryl methyl sites for hydroxylation is 1. The van der Waals surface area contributed by atoms with Crippen molar-refractivity contribution in [3.63, 3.8) is 0 Å². The van der Waals surface area contributed by atoms with Crippen molar-refractivity contribution in [3.8, 4) is 0 Å². The first kappa shape index (κ1) is 17.2. The number of rotatable bonds is 6. The molecule has 1 unspecified atom stereocenters. The molecule has 1 fully saturated rings. The van der Waals surface area contributed by atoms with Crippen LogP contribution in [0.25, 0.3) is 0 Å². The van der Waals surface area contributed by atoms with Gasteiger partial charge in [0.05, 0.1) is 12.3 Å². The fourth-order valence-corrected chi connectivity index (χ4v) is 3.32. The van der Waals surface area contributed by atoms with Gasteiger partial charge in [-0.3, -0.25) is 10.2 Å². The van der Waals surface area contributed by atoms with Crippen molar-refractivity contribution in [1.29, 1.82) is 5.41 Å². The third kappa shape index (κ3) is 4.63.